The highest BCUT2D eigenvalue weighted by atomic mass is 79.9. The Hall–Kier alpha value is -0.600. The standard InChI is InChI=1S/C11H13BrO/c1-3-7-13-8-10-6-4-5-9(2)11(10)12/h3-6H,1,7-8H2,2H3. The van der Waals surface area contributed by atoms with Gasteiger partial charge in [-0.2, -0.15) is 0 Å². The molecule has 0 bridgehead atoms. The lowest BCUT2D eigenvalue weighted by atomic mass is 10.1. The molecule has 0 saturated heterocycles. The molecule has 1 rings (SSSR count). The second kappa shape index (κ2) is 5.20. The van der Waals surface area contributed by atoms with Crippen LogP contribution in [0.3, 0.4) is 0 Å². The van der Waals surface area contributed by atoms with E-state index in [-0.39, 0.29) is 0 Å². The van der Waals surface area contributed by atoms with Gasteiger partial charge in [0.2, 0.25) is 0 Å². The zero-order chi connectivity index (χ0) is 9.68. The van der Waals surface area contributed by atoms with Gasteiger partial charge in [0.05, 0.1) is 13.2 Å². The molecule has 0 aliphatic carbocycles. The lowest BCUT2D eigenvalue weighted by molar-refractivity contribution is 0.148. The van der Waals surface area contributed by atoms with Gasteiger partial charge in [-0.25, -0.2) is 0 Å². The van der Waals surface area contributed by atoms with Crippen LogP contribution < -0.4 is 0 Å². The van der Waals surface area contributed by atoms with E-state index in [1.54, 1.807) is 6.08 Å². The topological polar surface area (TPSA) is 9.23 Å². The van der Waals surface area contributed by atoms with Gasteiger partial charge in [0.25, 0.3) is 0 Å². The number of hydrogen-bond donors (Lipinski definition) is 0. The average molecular weight is 241 g/mol. The van der Waals surface area contributed by atoms with Crippen molar-refractivity contribution in [1.82, 2.24) is 0 Å². The van der Waals surface area contributed by atoms with Crippen molar-refractivity contribution >= 4 is 15.9 Å². The van der Waals surface area contributed by atoms with Crippen molar-refractivity contribution in [2.75, 3.05) is 6.61 Å². The Morgan fingerprint density at radius 1 is 1.54 bits per heavy atom. The van der Waals surface area contributed by atoms with E-state index in [9.17, 15) is 0 Å². The van der Waals surface area contributed by atoms with Crippen molar-refractivity contribution in [3.63, 3.8) is 0 Å². The number of rotatable bonds is 4. The van der Waals surface area contributed by atoms with Crippen LogP contribution in [0.5, 0.6) is 0 Å². The Labute approximate surface area is 87.5 Å². The van der Waals surface area contributed by atoms with Crippen LogP contribution in [0, 0.1) is 6.92 Å². The molecule has 0 saturated carbocycles. The van der Waals surface area contributed by atoms with Gasteiger partial charge < -0.3 is 4.74 Å². The summed E-state index contributed by atoms with van der Waals surface area (Å²) in [5.74, 6) is 0. The fraction of sp³-hybridized carbons (Fsp3) is 0.273. The zero-order valence-electron chi connectivity index (χ0n) is 7.72. The number of hydrogen-bond acceptors (Lipinski definition) is 1. The van der Waals surface area contributed by atoms with Crippen LogP contribution in [0.25, 0.3) is 0 Å². The fourth-order valence-electron chi connectivity index (χ4n) is 1.07. The predicted molar refractivity (Wildman–Crippen MR) is 58.7 cm³/mol. The summed E-state index contributed by atoms with van der Waals surface area (Å²) < 4.78 is 6.49. The van der Waals surface area contributed by atoms with Gasteiger partial charge in [-0.15, -0.1) is 6.58 Å². The van der Waals surface area contributed by atoms with Crippen molar-refractivity contribution < 1.29 is 4.74 Å². The molecular weight excluding hydrogens is 228 g/mol. The Bertz CT molecular complexity index is 294. The van der Waals surface area contributed by atoms with Crippen molar-refractivity contribution in [3.05, 3.63) is 46.5 Å². The number of benzene rings is 1. The van der Waals surface area contributed by atoms with Crippen LogP contribution in [-0.2, 0) is 11.3 Å². The smallest absolute Gasteiger partial charge is 0.0732 e. The molecule has 0 fully saturated rings. The first kappa shape index (κ1) is 10.5. The van der Waals surface area contributed by atoms with E-state index in [1.807, 2.05) is 6.07 Å². The maximum Gasteiger partial charge on any atom is 0.0732 e. The van der Waals surface area contributed by atoms with Crippen molar-refractivity contribution in [2.45, 2.75) is 13.5 Å². The molecule has 0 aromatic heterocycles. The molecule has 0 aliphatic heterocycles. The Balaban J connectivity index is 2.65. The Morgan fingerprint density at radius 3 is 3.00 bits per heavy atom. The number of aryl methyl sites for hydroxylation is 1. The van der Waals surface area contributed by atoms with E-state index in [1.165, 1.54) is 11.1 Å². The molecule has 0 heterocycles. The summed E-state index contributed by atoms with van der Waals surface area (Å²) in [6.07, 6.45) is 1.75. The molecule has 0 amide bonds. The first-order valence-corrected chi connectivity index (χ1v) is 4.97. The molecule has 0 atom stereocenters. The maximum absolute atomic E-state index is 5.36. The molecular formula is C11H13BrO. The van der Waals surface area contributed by atoms with Gasteiger partial charge in [-0.3, -0.25) is 0 Å². The monoisotopic (exact) mass is 240 g/mol. The lowest BCUT2D eigenvalue weighted by Crippen LogP contribution is -1.94. The van der Waals surface area contributed by atoms with Crippen LogP contribution in [-0.4, -0.2) is 6.61 Å². The van der Waals surface area contributed by atoms with Crippen LogP contribution in [0.2, 0.25) is 0 Å². The minimum absolute atomic E-state index is 0.598. The van der Waals surface area contributed by atoms with Gasteiger partial charge >= 0.3 is 0 Å². The third-order valence-corrected chi connectivity index (χ3v) is 2.90. The van der Waals surface area contributed by atoms with Crippen LogP contribution in [0.4, 0.5) is 0 Å². The normalized spacial score (nSPS) is 10.0. The first-order valence-electron chi connectivity index (χ1n) is 4.18. The highest BCUT2D eigenvalue weighted by molar-refractivity contribution is 9.10. The summed E-state index contributed by atoms with van der Waals surface area (Å²) >= 11 is 3.53. The molecule has 70 valence electrons. The SMILES string of the molecule is C=CCOCc1cccc(C)c1Br. The molecule has 0 spiro atoms. The second-order valence-corrected chi connectivity index (χ2v) is 3.64. The molecule has 13 heavy (non-hydrogen) atoms. The minimum atomic E-state index is 0.598. The van der Waals surface area contributed by atoms with Gasteiger partial charge in [0, 0.05) is 4.47 Å². The van der Waals surface area contributed by atoms with Crippen LogP contribution in [0.15, 0.2) is 35.3 Å². The van der Waals surface area contributed by atoms with Crippen molar-refractivity contribution in [1.29, 1.82) is 0 Å². The zero-order valence-corrected chi connectivity index (χ0v) is 9.30. The van der Waals surface area contributed by atoms with Crippen molar-refractivity contribution in [2.24, 2.45) is 0 Å². The summed E-state index contributed by atoms with van der Waals surface area (Å²) in [5.41, 5.74) is 2.42. The first-order chi connectivity index (χ1) is 6.25. The van der Waals surface area contributed by atoms with E-state index in [0.29, 0.717) is 13.2 Å². The molecule has 0 radical (unpaired) electrons. The highest BCUT2D eigenvalue weighted by Gasteiger charge is 2.00. The molecule has 0 N–H and O–H groups in total. The van der Waals surface area contributed by atoms with Gasteiger partial charge in [0.15, 0.2) is 0 Å². The molecule has 2 heteroatoms. The fourth-order valence-corrected chi connectivity index (χ4v) is 1.45. The molecule has 0 aliphatic rings. The van der Waals surface area contributed by atoms with E-state index in [2.05, 4.69) is 41.6 Å². The van der Waals surface area contributed by atoms with E-state index in [0.717, 1.165) is 4.47 Å². The summed E-state index contributed by atoms with van der Waals surface area (Å²) in [5, 5.41) is 0. The molecule has 0 unspecified atom stereocenters. The van der Waals surface area contributed by atoms with Gasteiger partial charge in [0.1, 0.15) is 0 Å². The van der Waals surface area contributed by atoms with Crippen molar-refractivity contribution in [3.8, 4) is 0 Å². The van der Waals surface area contributed by atoms with E-state index in [4.69, 9.17) is 4.74 Å². The summed E-state index contributed by atoms with van der Waals surface area (Å²) in [6.45, 7) is 6.90. The molecule has 1 aromatic rings. The molecule has 1 aromatic carbocycles. The Kier molecular flexibility index (Phi) is 4.19. The lowest BCUT2D eigenvalue weighted by Gasteiger charge is -2.06. The van der Waals surface area contributed by atoms with Crippen LogP contribution >= 0.6 is 15.9 Å². The van der Waals surface area contributed by atoms with E-state index < -0.39 is 0 Å². The highest BCUT2D eigenvalue weighted by Crippen LogP contribution is 2.21. The number of halogens is 1. The quantitative estimate of drug-likeness (QED) is 0.579. The molecule has 1 nitrogen and oxygen atoms in total. The second-order valence-electron chi connectivity index (χ2n) is 2.85. The average Bonchev–Trinajstić information content (AvgIpc) is 2.13. The van der Waals surface area contributed by atoms with Gasteiger partial charge in [-0.1, -0.05) is 40.2 Å². The van der Waals surface area contributed by atoms with Gasteiger partial charge in [-0.05, 0) is 18.1 Å². The third-order valence-electron chi connectivity index (χ3n) is 1.77. The summed E-state index contributed by atoms with van der Waals surface area (Å²) in [7, 11) is 0. The minimum Gasteiger partial charge on any atom is -0.373 e. The van der Waals surface area contributed by atoms with Crippen LogP contribution in [0.1, 0.15) is 11.1 Å². The summed E-state index contributed by atoms with van der Waals surface area (Å²) in [6, 6.07) is 6.16. The largest absolute Gasteiger partial charge is 0.373 e. The Morgan fingerprint density at radius 2 is 2.31 bits per heavy atom. The van der Waals surface area contributed by atoms with E-state index >= 15 is 0 Å². The summed E-state index contributed by atoms with van der Waals surface area (Å²) in [4.78, 5) is 0. The maximum atomic E-state index is 5.36. The number of ether oxygens (including phenoxy) is 1. The predicted octanol–water partition coefficient (Wildman–Crippen LogP) is 3.46. The third kappa shape index (κ3) is 2.98.